The van der Waals surface area contributed by atoms with E-state index in [1.807, 2.05) is 0 Å². The average molecular weight is 428 g/mol. The zero-order valence-corrected chi connectivity index (χ0v) is 17.2. The van der Waals surface area contributed by atoms with Crippen molar-refractivity contribution in [3.63, 3.8) is 0 Å². The van der Waals surface area contributed by atoms with Crippen molar-refractivity contribution in [3.8, 4) is 0 Å². The smallest absolute Gasteiger partial charge is 0.870 e. The van der Waals surface area contributed by atoms with Crippen LogP contribution in [0.5, 0.6) is 0 Å². The van der Waals surface area contributed by atoms with Crippen LogP contribution in [0.15, 0.2) is 0 Å². The third kappa shape index (κ3) is 14.1. The summed E-state index contributed by atoms with van der Waals surface area (Å²) < 4.78 is 0. The Morgan fingerprint density at radius 2 is 1.26 bits per heavy atom. The molecular weight excluding hydrogens is 407 g/mol. The van der Waals surface area contributed by atoms with Crippen LogP contribution in [0.25, 0.3) is 0 Å². The van der Waals surface area contributed by atoms with E-state index in [2.05, 4.69) is 0 Å². The number of carboxylic acid groups (broad SMARTS) is 3. The number of hydrogen-bond donors (Lipinski definition) is 9. The summed E-state index contributed by atoms with van der Waals surface area (Å²) in [5, 5.41) is 77.3. The van der Waals surface area contributed by atoms with E-state index in [1.165, 1.54) is 0 Å². The van der Waals surface area contributed by atoms with Crippen molar-refractivity contribution in [1.82, 2.24) is 0 Å². The summed E-state index contributed by atoms with van der Waals surface area (Å²) >= 11 is 0. The second-order valence-corrected chi connectivity index (χ2v) is 4.84. The van der Waals surface area contributed by atoms with E-state index >= 15 is 0 Å². The second-order valence-electron chi connectivity index (χ2n) is 4.84. The van der Waals surface area contributed by atoms with Crippen molar-refractivity contribution in [2.24, 2.45) is 0 Å². The molecule has 0 fully saturated rings. The van der Waals surface area contributed by atoms with Crippen LogP contribution < -0.4 is 51.4 Å². The summed E-state index contributed by atoms with van der Waals surface area (Å²) in [5.41, 5.74) is -2.74. The molecule has 4 atom stereocenters. The Bertz CT molecular complexity index is 453. The van der Waals surface area contributed by atoms with E-state index in [-0.39, 0.29) is 63.1 Å². The zero-order chi connectivity index (χ0) is 20.4. The first-order valence-electron chi connectivity index (χ1n) is 6.50. The van der Waals surface area contributed by atoms with Gasteiger partial charge in [0.15, 0.2) is 11.9 Å². The van der Waals surface area contributed by atoms with Crippen molar-refractivity contribution < 1.29 is 122 Å². The minimum atomic E-state index is -2.74. The number of carboxylic acids is 3. The first-order chi connectivity index (χ1) is 11.3. The Morgan fingerprint density at radius 1 is 0.889 bits per heavy atom. The van der Waals surface area contributed by atoms with E-state index in [9.17, 15) is 19.2 Å². The van der Waals surface area contributed by atoms with Crippen LogP contribution in [-0.2, 0) is 19.2 Å². The Hall–Kier alpha value is -0.564. The fourth-order valence-electron chi connectivity index (χ4n) is 1.33. The molecule has 0 aliphatic carbocycles. The van der Waals surface area contributed by atoms with Crippen LogP contribution in [0.2, 0.25) is 0 Å². The monoisotopic (exact) mass is 428 g/mol. The minimum Gasteiger partial charge on any atom is -0.870 e. The Morgan fingerprint density at radius 3 is 1.48 bits per heavy atom. The van der Waals surface area contributed by atoms with Crippen molar-refractivity contribution in [2.75, 3.05) is 6.61 Å². The maximum Gasteiger partial charge on any atom is 1.00 e. The first-order valence-corrected chi connectivity index (χ1v) is 6.50. The van der Waals surface area contributed by atoms with Gasteiger partial charge in [0.1, 0.15) is 24.4 Å². The van der Waals surface area contributed by atoms with Gasteiger partial charge in [0, 0.05) is 0 Å². The van der Waals surface area contributed by atoms with E-state index in [0.29, 0.717) is 0 Å². The van der Waals surface area contributed by atoms with Gasteiger partial charge in [-0.1, -0.05) is 0 Å². The molecule has 154 valence electrons. The largest absolute Gasteiger partial charge is 1.00 e. The summed E-state index contributed by atoms with van der Waals surface area (Å²) in [4.78, 5) is 40.4. The molecule has 4 unspecified atom stereocenters. The Balaban J connectivity index is -0.000000183. The molecule has 0 bridgehead atoms. The fourth-order valence-corrected chi connectivity index (χ4v) is 1.33. The molecule has 0 saturated heterocycles. The van der Waals surface area contributed by atoms with Crippen LogP contribution in [0.4, 0.5) is 0 Å². The van der Waals surface area contributed by atoms with Crippen molar-refractivity contribution in [1.29, 1.82) is 0 Å². The van der Waals surface area contributed by atoms with E-state index < -0.39 is 67.4 Å². The molecule has 15 heteroatoms. The molecule has 10 N–H and O–H groups in total. The normalized spacial score (nSPS) is 14.6. The van der Waals surface area contributed by atoms with E-state index in [1.54, 1.807) is 0 Å². The maximum atomic E-state index is 10.3. The van der Waals surface area contributed by atoms with Crippen LogP contribution in [0.1, 0.15) is 12.8 Å². The maximum absolute atomic E-state index is 10.3. The third-order valence-corrected chi connectivity index (χ3v) is 2.71. The van der Waals surface area contributed by atoms with Gasteiger partial charge in [0.05, 0.1) is 19.4 Å². The summed E-state index contributed by atoms with van der Waals surface area (Å²) in [6.45, 7) is -0.760. The molecule has 0 aliphatic heterocycles. The summed E-state index contributed by atoms with van der Waals surface area (Å²) in [6, 6.07) is 0. The molecule has 0 aromatic rings. The molecular formula is C12H21KO14. The van der Waals surface area contributed by atoms with Crippen molar-refractivity contribution in [3.05, 3.63) is 0 Å². The molecule has 0 heterocycles. The number of aliphatic hydroxyl groups is 6. The van der Waals surface area contributed by atoms with Gasteiger partial charge in [-0.25, -0.2) is 4.79 Å². The Kier molecular flexibility index (Phi) is 20.6. The standard InChI is InChI=1S/C6H8O7.C6H12O6.K.H2O/c7-3(8)1-6(13,5(11)12)2-4(9)10;7-1-3(9)5(11)6(12)4(10)2-8;;/h13H,1-2H2,(H,7,8)(H,9,10)(H,11,12);1,3-6,8-12H,2H2;;1H2/q;;+1;/p-1. The molecule has 0 saturated carbocycles. The molecule has 0 aromatic carbocycles. The van der Waals surface area contributed by atoms with E-state index in [0.717, 1.165) is 0 Å². The van der Waals surface area contributed by atoms with Gasteiger partial charge in [-0.3, -0.25) is 9.59 Å². The van der Waals surface area contributed by atoms with Crippen LogP contribution in [-0.4, -0.2) is 112 Å². The van der Waals surface area contributed by atoms with Gasteiger partial charge in [-0.05, 0) is 0 Å². The number of carbonyl (C=O) groups is 4. The van der Waals surface area contributed by atoms with Crippen molar-refractivity contribution >= 4 is 24.2 Å². The third-order valence-electron chi connectivity index (χ3n) is 2.71. The van der Waals surface area contributed by atoms with Crippen LogP contribution in [0, 0.1) is 0 Å². The molecule has 0 aromatic heterocycles. The Labute approximate surface area is 194 Å². The number of aliphatic hydroxyl groups excluding tert-OH is 5. The predicted molar refractivity (Wildman–Crippen MR) is 76.2 cm³/mol. The quantitative estimate of drug-likeness (QED) is 0.115. The molecule has 0 amide bonds. The van der Waals surface area contributed by atoms with Gasteiger partial charge in [0.2, 0.25) is 0 Å². The van der Waals surface area contributed by atoms with Gasteiger partial charge in [-0.2, -0.15) is 0 Å². The molecule has 0 spiro atoms. The van der Waals surface area contributed by atoms with Gasteiger partial charge < -0.3 is 56.2 Å². The molecule has 0 rings (SSSR count). The average Bonchev–Trinajstić information content (AvgIpc) is 2.50. The zero-order valence-electron chi connectivity index (χ0n) is 14.1. The number of aliphatic carboxylic acids is 3. The number of rotatable bonds is 10. The van der Waals surface area contributed by atoms with Crippen LogP contribution >= 0.6 is 0 Å². The predicted octanol–water partition coefficient (Wildman–Crippen LogP) is -7.80. The molecule has 14 nitrogen and oxygen atoms in total. The van der Waals surface area contributed by atoms with Gasteiger partial charge in [-0.15, -0.1) is 0 Å². The SMILES string of the molecule is O=C(O)CC(O)(CC(=O)O)C(=O)O.O=CC(O)C(O)C(O)C(O)CO.[K+].[OH-]. The molecule has 0 aliphatic rings. The molecule has 27 heavy (non-hydrogen) atoms. The topological polar surface area (TPSA) is 280 Å². The number of aldehydes is 1. The van der Waals surface area contributed by atoms with Gasteiger partial charge >= 0.3 is 69.3 Å². The minimum absolute atomic E-state index is 0. The number of hydrogen-bond acceptors (Lipinski definition) is 11. The second kappa shape index (κ2) is 16.4. The molecule has 0 radical (unpaired) electrons. The number of carbonyl (C=O) groups excluding carboxylic acids is 1. The summed E-state index contributed by atoms with van der Waals surface area (Å²) in [5.74, 6) is -5.02. The summed E-state index contributed by atoms with van der Waals surface area (Å²) in [6.07, 6.45) is -9.13. The van der Waals surface area contributed by atoms with E-state index in [4.69, 9.17) is 46.0 Å². The summed E-state index contributed by atoms with van der Waals surface area (Å²) in [7, 11) is 0. The van der Waals surface area contributed by atoms with Gasteiger partial charge in [0.25, 0.3) is 0 Å². The van der Waals surface area contributed by atoms with Crippen molar-refractivity contribution in [2.45, 2.75) is 42.9 Å². The van der Waals surface area contributed by atoms with Crippen LogP contribution in [0.3, 0.4) is 0 Å². The fraction of sp³-hybridized carbons (Fsp3) is 0.667. The first kappa shape index (κ1) is 34.0.